The minimum atomic E-state index is -4.71. The summed E-state index contributed by atoms with van der Waals surface area (Å²) in [5, 5.41) is 6.63. The number of nitrogen functional groups attached to an aromatic ring is 1. The van der Waals surface area contributed by atoms with E-state index in [4.69, 9.17) is 22.1 Å². The second-order valence-electron chi connectivity index (χ2n) is 12.9. The normalized spacial score (nSPS) is 13.9. The van der Waals surface area contributed by atoms with Gasteiger partial charge in [0.05, 0.1) is 33.5 Å². The molecule has 16 heteroatoms. The van der Waals surface area contributed by atoms with Crippen LogP contribution in [0, 0.1) is 11.8 Å². The Hall–Kier alpha value is -4.16. The zero-order valence-electron chi connectivity index (χ0n) is 28.6. The molecule has 0 aliphatic rings. The van der Waals surface area contributed by atoms with Gasteiger partial charge in [-0.05, 0) is 83.2 Å². The molecule has 2 aromatic heterocycles. The number of alkyl halides is 4. The molecule has 0 aliphatic heterocycles. The Morgan fingerprint density at radius 3 is 2.34 bits per heavy atom. The van der Waals surface area contributed by atoms with Gasteiger partial charge in [0, 0.05) is 17.4 Å². The van der Waals surface area contributed by atoms with Gasteiger partial charge in [-0.15, -0.1) is 0 Å². The Kier molecular flexibility index (Phi) is 12.4. The maximum Gasteiger partial charge on any atom is 0.408 e. The number of alkyl carbamates (subject to hydrolysis) is 1. The van der Waals surface area contributed by atoms with Gasteiger partial charge in [-0.2, -0.15) is 18.3 Å². The topological polar surface area (TPSA) is 129 Å². The van der Waals surface area contributed by atoms with Gasteiger partial charge in [0.1, 0.15) is 29.3 Å². The number of sulfone groups is 1. The number of nitrogens with two attached hydrogens (primary N) is 1. The lowest BCUT2D eigenvalue weighted by Crippen LogP contribution is -2.35. The summed E-state index contributed by atoms with van der Waals surface area (Å²) < 4.78 is 98.7. The number of pyridine rings is 1. The van der Waals surface area contributed by atoms with Crippen molar-refractivity contribution in [2.45, 2.75) is 83.5 Å². The number of allylic oxidation sites excluding steroid dienone is 3. The Morgan fingerprint density at radius 2 is 1.78 bits per heavy atom. The quantitative estimate of drug-likeness (QED) is 0.122. The second-order valence-corrected chi connectivity index (χ2v) is 15.9. The largest absolute Gasteiger partial charge is 0.444 e. The van der Waals surface area contributed by atoms with Crippen LogP contribution < -0.4 is 11.1 Å². The van der Waals surface area contributed by atoms with E-state index in [1.54, 1.807) is 27.7 Å². The van der Waals surface area contributed by atoms with Crippen molar-refractivity contribution in [3.63, 3.8) is 0 Å². The summed E-state index contributed by atoms with van der Waals surface area (Å²) in [6, 6.07) is 4.49. The Labute approximate surface area is 293 Å². The van der Waals surface area contributed by atoms with Crippen LogP contribution in [-0.2, 0) is 21.1 Å². The second kappa shape index (κ2) is 15.4. The predicted molar refractivity (Wildman–Crippen MR) is 185 cm³/mol. The smallest absolute Gasteiger partial charge is 0.408 e. The summed E-state index contributed by atoms with van der Waals surface area (Å²) in [5.74, 6) is 4.56. The number of aromatic nitrogens is 3. The lowest BCUT2D eigenvalue weighted by Gasteiger charge is -2.25. The standard InChI is InChI=1S/C34H39ClF5N5O4S/c1-8-21(37)17-20(14-16-36)18-26(43-31(46)49-32(2,3)4)28-23(10-9-22(42-28)13-15-33(5,6)50(7,47)48)24-11-12-25(35)27-29(24)45(44-30(27)41)19-34(38,39)40/h9-12,14,17,26H,8,16,18-19H2,1-7H3,(H2,41,44)(H,43,46)/b20-14+,21-17+/t26-/m0/s1. The molecule has 0 aliphatic carbocycles. The monoisotopic (exact) mass is 743 g/mol. The van der Waals surface area contributed by atoms with Crippen LogP contribution in [0.3, 0.4) is 0 Å². The van der Waals surface area contributed by atoms with Crippen LogP contribution in [0.4, 0.5) is 32.6 Å². The molecule has 272 valence electrons. The number of amides is 1. The molecule has 0 radical (unpaired) electrons. The van der Waals surface area contributed by atoms with E-state index in [9.17, 15) is 35.2 Å². The number of carbonyl (C=O) groups excluding carboxylic acids is 1. The average Bonchev–Trinajstić information content (AvgIpc) is 3.29. The maximum absolute atomic E-state index is 14.5. The highest BCUT2D eigenvalue weighted by molar-refractivity contribution is 7.92. The molecule has 3 aromatic rings. The minimum absolute atomic E-state index is 0.00293. The number of hydrogen-bond acceptors (Lipinski definition) is 7. The van der Waals surface area contributed by atoms with Crippen molar-refractivity contribution in [3.8, 4) is 23.0 Å². The predicted octanol–water partition coefficient (Wildman–Crippen LogP) is 8.19. The molecule has 0 saturated carbocycles. The van der Waals surface area contributed by atoms with Crippen LogP contribution >= 0.6 is 11.6 Å². The van der Waals surface area contributed by atoms with Crippen LogP contribution in [-0.4, -0.2) is 58.7 Å². The molecule has 0 fully saturated rings. The van der Waals surface area contributed by atoms with Gasteiger partial charge in [0.25, 0.3) is 0 Å². The van der Waals surface area contributed by atoms with Crippen molar-refractivity contribution < 1.29 is 39.9 Å². The first-order valence-electron chi connectivity index (χ1n) is 15.3. The van der Waals surface area contributed by atoms with Crippen molar-refractivity contribution >= 4 is 44.3 Å². The van der Waals surface area contributed by atoms with Crippen LogP contribution in [0.2, 0.25) is 5.02 Å². The SMILES string of the molecule is CC/C(F)=C\C(=C/CF)C[C@H](NC(=O)OC(C)(C)C)c1nc(C#CC(C)(C)S(C)(=O)=O)ccc1-c1ccc(Cl)c2c(N)nn(CC(F)(F)F)c12. The lowest BCUT2D eigenvalue weighted by molar-refractivity contribution is -0.141. The number of anilines is 1. The Bertz CT molecular complexity index is 1990. The number of rotatable bonds is 10. The summed E-state index contributed by atoms with van der Waals surface area (Å²) in [6.45, 7) is 6.71. The zero-order valence-corrected chi connectivity index (χ0v) is 30.2. The molecular weight excluding hydrogens is 705 g/mol. The molecule has 0 unspecified atom stereocenters. The highest BCUT2D eigenvalue weighted by atomic mass is 35.5. The van der Waals surface area contributed by atoms with Crippen molar-refractivity contribution in [2.24, 2.45) is 0 Å². The van der Waals surface area contributed by atoms with Crippen LogP contribution in [0.1, 0.15) is 71.8 Å². The number of nitrogens with zero attached hydrogens (tertiary/aromatic N) is 3. The van der Waals surface area contributed by atoms with Crippen LogP contribution in [0.5, 0.6) is 0 Å². The fraction of sp³-hybridized carbons (Fsp3) is 0.441. The van der Waals surface area contributed by atoms with Gasteiger partial charge in [-0.3, -0.25) is 4.68 Å². The Morgan fingerprint density at radius 1 is 1.14 bits per heavy atom. The maximum atomic E-state index is 14.5. The molecular formula is C34H39ClF5N5O4S. The van der Waals surface area contributed by atoms with Gasteiger partial charge >= 0.3 is 12.3 Å². The third-order valence-corrected chi connectivity index (χ3v) is 9.58. The minimum Gasteiger partial charge on any atom is -0.444 e. The van der Waals surface area contributed by atoms with E-state index < -0.39 is 57.5 Å². The number of halogens is 6. The fourth-order valence-corrected chi connectivity index (χ4v) is 5.15. The molecule has 0 spiro atoms. The number of carbonyl (C=O) groups is 1. The molecule has 3 rings (SSSR count). The molecule has 50 heavy (non-hydrogen) atoms. The summed E-state index contributed by atoms with van der Waals surface area (Å²) in [5.41, 5.74) is 5.40. The fourth-order valence-electron chi connectivity index (χ4n) is 4.66. The van der Waals surface area contributed by atoms with Crippen LogP contribution in [0.15, 0.2) is 47.8 Å². The Balaban J connectivity index is 2.46. The molecule has 1 aromatic carbocycles. The van der Waals surface area contributed by atoms with E-state index in [1.165, 1.54) is 38.1 Å². The van der Waals surface area contributed by atoms with Gasteiger partial charge in [0.2, 0.25) is 0 Å². The number of nitrogens with one attached hydrogen (secondary N) is 1. The molecule has 9 nitrogen and oxygen atoms in total. The molecule has 1 atom stereocenters. The number of benzene rings is 1. The molecule has 0 bridgehead atoms. The van der Waals surface area contributed by atoms with Crippen molar-refractivity contribution in [1.29, 1.82) is 0 Å². The van der Waals surface area contributed by atoms with E-state index >= 15 is 0 Å². The van der Waals surface area contributed by atoms with Gasteiger partial charge in [0.15, 0.2) is 15.7 Å². The van der Waals surface area contributed by atoms with Crippen molar-refractivity contribution in [3.05, 3.63) is 64.2 Å². The van der Waals surface area contributed by atoms with E-state index in [0.717, 1.165) is 18.4 Å². The van der Waals surface area contributed by atoms with Crippen LogP contribution in [0.25, 0.3) is 22.0 Å². The highest BCUT2D eigenvalue weighted by Gasteiger charge is 2.32. The van der Waals surface area contributed by atoms with Gasteiger partial charge in [-0.25, -0.2) is 27.0 Å². The third kappa shape index (κ3) is 10.4. The summed E-state index contributed by atoms with van der Waals surface area (Å²) in [7, 11) is -3.65. The van der Waals surface area contributed by atoms with Crippen molar-refractivity contribution in [1.82, 2.24) is 20.1 Å². The number of fused-ring (bicyclic) bond motifs is 1. The summed E-state index contributed by atoms with van der Waals surface area (Å²) in [4.78, 5) is 17.9. The van der Waals surface area contributed by atoms with E-state index in [-0.39, 0.29) is 62.7 Å². The first kappa shape index (κ1) is 40.3. The highest BCUT2D eigenvalue weighted by Crippen LogP contribution is 2.40. The van der Waals surface area contributed by atoms with E-state index in [0.29, 0.717) is 4.68 Å². The van der Waals surface area contributed by atoms with E-state index in [1.807, 2.05) is 0 Å². The molecule has 0 saturated heterocycles. The lowest BCUT2D eigenvalue weighted by atomic mass is 9.93. The summed E-state index contributed by atoms with van der Waals surface area (Å²) >= 11 is 6.39. The number of ether oxygens (including phenoxy) is 1. The average molecular weight is 744 g/mol. The molecule has 2 heterocycles. The molecule has 1 amide bonds. The van der Waals surface area contributed by atoms with E-state index in [2.05, 4.69) is 27.2 Å². The van der Waals surface area contributed by atoms with Gasteiger partial charge in [-0.1, -0.05) is 36.6 Å². The first-order valence-corrected chi connectivity index (χ1v) is 17.6. The van der Waals surface area contributed by atoms with Crippen molar-refractivity contribution in [2.75, 3.05) is 18.7 Å². The van der Waals surface area contributed by atoms with Gasteiger partial charge < -0.3 is 15.8 Å². The molecule has 3 N–H and O–H groups in total. The first-order chi connectivity index (χ1) is 23.0. The third-order valence-electron chi connectivity index (χ3n) is 7.31. The number of hydrogen-bond donors (Lipinski definition) is 2. The zero-order chi connectivity index (χ0) is 37.8. The summed E-state index contributed by atoms with van der Waals surface area (Å²) in [6.07, 6.45) is -2.67.